The molecule has 0 saturated carbocycles. The third kappa shape index (κ3) is 7.98. The van der Waals surface area contributed by atoms with Crippen molar-refractivity contribution in [3.8, 4) is 0 Å². The third-order valence-corrected chi connectivity index (χ3v) is 3.68. The number of benzene rings is 1. The Morgan fingerprint density at radius 2 is 1.68 bits per heavy atom. The third-order valence-electron chi connectivity index (χ3n) is 3.68. The van der Waals surface area contributed by atoms with Gasteiger partial charge in [-0.15, -0.1) is 0 Å². The molecule has 1 aromatic carbocycles. The van der Waals surface area contributed by atoms with Crippen molar-refractivity contribution >= 4 is 23.8 Å². The van der Waals surface area contributed by atoms with Gasteiger partial charge in [-0.1, -0.05) is 18.2 Å². The first kappa shape index (κ1) is 22.8. The monoisotopic (exact) mass is 394 g/mol. The fourth-order valence-corrected chi connectivity index (χ4v) is 2.31. The molecule has 0 aliphatic carbocycles. The van der Waals surface area contributed by atoms with Crippen LogP contribution in [-0.4, -0.2) is 50.1 Å². The van der Waals surface area contributed by atoms with Gasteiger partial charge >= 0.3 is 11.9 Å². The van der Waals surface area contributed by atoms with Crippen LogP contribution in [0.5, 0.6) is 0 Å². The smallest absolute Gasteiger partial charge is 0.330 e. The molecule has 0 aliphatic rings. The Kier molecular flexibility index (Phi) is 9.35. The number of hydrogen-bond acceptors (Lipinski definition) is 6. The van der Waals surface area contributed by atoms with Crippen LogP contribution < -0.4 is 10.6 Å². The van der Waals surface area contributed by atoms with Crippen LogP contribution in [0.4, 0.5) is 4.39 Å². The highest BCUT2D eigenvalue weighted by molar-refractivity contribution is 5.90. The van der Waals surface area contributed by atoms with Gasteiger partial charge in [0.05, 0.1) is 14.2 Å². The largest absolute Gasteiger partial charge is 0.467 e. The lowest BCUT2D eigenvalue weighted by Crippen LogP contribution is -2.52. The molecule has 0 spiro atoms. The lowest BCUT2D eigenvalue weighted by Gasteiger charge is -2.21. The summed E-state index contributed by atoms with van der Waals surface area (Å²) in [6.45, 7) is 1.25. The van der Waals surface area contributed by atoms with Crippen LogP contribution in [0, 0.1) is 5.82 Å². The van der Waals surface area contributed by atoms with Crippen molar-refractivity contribution in [2.75, 3.05) is 14.2 Å². The van der Waals surface area contributed by atoms with Crippen molar-refractivity contribution in [1.82, 2.24) is 10.6 Å². The lowest BCUT2D eigenvalue weighted by molar-refractivity contribution is -0.145. The zero-order valence-corrected chi connectivity index (χ0v) is 15.9. The number of hydrogen-bond donors (Lipinski definition) is 2. The Labute approximate surface area is 162 Å². The zero-order chi connectivity index (χ0) is 21.1. The van der Waals surface area contributed by atoms with E-state index in [1.165, 1.54) is 44.4 Å². The molecule has 0 fully saturated rings. The van der Waals surface area contributed by atoms with Gasteiger partial charge < -0.3 is 20.1 Å². The summed E-state index contributed by atoms with van der Waals surface area (Å²) in [6, 6.07) is 3.42. The Morgan fingerprint density at radius 1 is 1.04 bits per heavy atom. The average Bonchev–Trinajstić information content (AvgIpc) is 2.67. The highest BCUT2D eigenvalue weighted by atomic mass is 19.1. The van der Waals surface area contributed by atoms with Gasteiger partial charge in [0.25, 0.3) is 0 Å². The molecule has 0 unspecified atom stereocenters. The minimum atomic E-state index is -1.07. The lowest BCUT2D eigenvalue weighted by atomic mass is 10.0. The van der Waals surface area contributed by atoms with Crippen molar-refractivity contribution in [3.05, 3.63) is 47.8 Å². The number of esters is 2. The number of halogens is 1. The quantitative estimate of drug-likeness (QED) is 0.470. The fourth-order valence-electron chi connectivity index (χ4n) is 2.31. The van der Waals surface area contributed by atoms with E-state index in [2.05, 4.69) is 20.1 Å². The fraction of sp³-hybridized carbons (Fsp3) is 0.368. The summed E-state index contributed by atoms with van der Waals surface area (Å²) in [4.78, 5) is 47.1. The van der Waals surface area contributed by atoms with E-state index in [1.54, 1.807) is 0 Å². The maximum atomic E-state index is 13.1. The second-order valence-electron chi connectivity index (χ2n) is 5.83. The Hall–Kier alpha value is -3.23. The van der Waals surface area contributed by atoms with Crippen LogP contribution in [0.15, 0.2) is 36.4 Å². The van der Waals surface area contributed by atoms with Gasteiger partial charge in [0, 0.05) is 19.4 Å². The van der Waals surface area contributed by atoms with Gasteiger partial charge in [-0.2, -0.15) is 0 Å². The molecule has 8 nitrogen and oxygen atoms in total. The van der Waals surface area contributed by atoms with Crippen LogP contribution in [0.3, 0.4) is 0 Å². The topological polar surface area (TPSA) is 111 Å². The van der Waals surface area contributed by atoms with Gasteiger partial charge in [-0.05, 0) is 24.1 Å². The number of nitrogens with one attached hydrogen (secondary N) is 2. The standard InChI is InChI=1S/C19H23FN2O6/c1-12(23)21-16(11-13-7-9-14(20)10-8-13)18(25)22-15(19(26)28-3)5-4-6-17(24)27-2/h4,6-10,15-16H,5,11H2,1-3H3,(H,21,23)(H,22,25)/b6-4+/t15-,16+/m1/s1. The Morgan fingerprint density at radius 3 is 2.21 bits per heavy atom. The van der Waals surface area contributed by atoms with E-state index in [-0.39, 0.29) is 12.8 Å². The van der Waals surface area contributed by atoms with Crippen LogP contribution in [0.1, 0.15) is 18.9 Å². The number of carbonyl (C=O) groups excluding carboxylic acids is 4. The maximum absolute atomic E-state index is 13.1. The van der Waals surface area contributed by atoms with E-state index in [0.29, 0.717) is 5.56 Å². The molecule has 1 aromatic rings. The number of ether oxygens (including phenoxy) is 2. The average molecular weight is 394 g/mol. The SMILES string of the molecule is COC(=O)/C=C/C[C@@H](NC(=O)[C@H](Cc1ccc(F)cc1)NC(C)=O)C(=O)OC. The Balaban J connectivity index is 2.89. The summed E-state index contributed by atoms with van der Waals surface area (Å²) >= 11 is 0. The summed E-state index contributed by atoms with van der Waals surface area (Å²) in [5.74, 6) is -2.81. The van der Waals surface area contributed by atoms with Crippen LogP contribution in [0.2, 0.25) is 0 Å². The summed E-state index contributed by atoms with van der Waals surface area (Å²) in [6.07, 6.45) is 2.56. The number of carbonyl (C=O) groups is 4. The van der Waals surface area contributed by atoms with E-state index >= 15 is 0 Å². The minimum absolute atomic E-state index is 0.0170. The number of amides is 2. The zero-order valence-electron chi connectivity index (χ0n) is 15.9. The van der Waals surface area contributed by atoms with Crippen molar-refractivity contribution in [1.29, 1.82) is 0 Å². The number of methoxy groups -OCH3 is 2. The first-order valence-electron chi connectivity index (χ1n) is 8.41. The second-order valence-corrected chi connectivity index (χ2v) is 5.83. The molecule has 0 bridgehead atoms. The highest BCUT2D eigenvalue weighted by Crippen LogP contribution is 2.07. The first-order valence-corrected chi connectivity index (χ1v) is 8.41. The molecule has 0 heterocycles. The van der Waals surface area contributed by atoms with Crippen LogP contribution in [-0.2, 0) is 35.1 Å². The van der Waals surface area contributed by atoms with Crippen molar-refractivity contribution < 1.29 is 33.0 Å². The summed E-state index contributed by atoms with van der Waals surface area (Å²) in [7, 11) is 2.37. The Bertz CT molecular complexity index is 732. The summed E-state index contributed by atoms with van der Waals surface area (Å²) < 4.78 is 22.2. The predicted molar refractivity (Wildman–Crippen MR) is 97.4 cm³/mol. The molecule has 2 amide bonds. The first-order chi connectivity index (χ1) is 13.3. The molecule has 28 heavy (non-hydrogen) atoms. The molecule has 0 saturated heterocycles. The maximum Gasteiger partial charge on any atom is 0.330 e. The molecular weight excluding hydrogens is 371 g/mol. The summed E-state index contributed by atoms with van der Waals surface area (Å²) in [5.41, 5.74) is 0.621. The highest BCUT2D eigenvalue weighted by Gasteiger charge is 2.26. The van der Waals surface area contributed by atoms with Crippen molar-refractivity contribution in [2.45, 2.75) is 31.8 Å². The molecule has 0 radical (unpaired) electrons. The van der Waals surface area contributed by atoms with Crippen LogP contribution in [0.25, 0.3) is 0 Å². The van der Waals surface area contributed by atoms with Crippen molar-refractivity contribution in [3.63, 3.8) is 0 Å². The summed E-state index contributed by atoms with van der Waals surface area (Å²) in [5, 5.41) is 4.99. The molecule has 0 aliphatic heterocycles. The van der Waals surface area contributed by atoms with E-state index in [1.807, 2.05) is 0 Å². The minimum Gasteiger partial charge on any atom is -0.467 e. The van der Waals surface area contributed by atoms with E-state index in [9.17, 15) is 23.6 Å². The van der Waals surface area contributed by atoms with Gasteiger partial charge in [-0.25, -0.2) is 14.0 Å². The molecule has 1 rings (SSSR count). The molecule has 152 valence electrons. The molecule has 2 atom stereocenters. The number of rotatable bonds is 9. The van der Waals surface area contributed by atoms with Gasteiger partial charge in [-0.3, -0.25) is 9.59 Å². The van der Waals surface area contributed by atoms with Gasteiger partial charge in [0.2, 0.25) is 11.8 Å². The van der Waals surface area contributed by atoms with Crippen molar-refractivity contribution in [2.24, 2.45) is 0 Å². The van der Waals surface area contributed by atoms with Gasteiger partial charge in [0.1, 0.15) is 17.9 Å². The molecular formula is C19H23FN2O6. The van der Waals surface area contributed by atoms with E-state index in [4.69, 9.17) is 0 Å². The van der Waals surface area contributed by atoms with E-state index in [0.717, 1.165) is 13.2 Å². The molecule has 0 aromatic heterocycles. The van der Waals surface area contributed by atoms with Gasteiger partial charge in [0.15, 0.2) is 0 Å². The predicted octanol–water partition coefficient (Wildman–Crippen LogP) is 0.650. The molecule has 2 N–H and O–H groups in total. The van der Waals surface area contributed by atoms with E-state index < -0.39 is 41.7 Å². The normalized spacial score (nSPS) is 12.7. The van der Waals surface area contributed by atoms with Crippen LogP contribution >= 0.6 is 0 Å². The second kappa shape index (κ2) is 11.5. The molecule has 9 heteroatoms.